The van der Waals surface area contributed by atoms with Gasteiger partial charge in [-0.1, -0.05) is 24.3 Å². The Kier molecular flexibility index (Phi) is 7.23. The van der Waals surface area contributed by atoms with Crippen molar-refractivity contribution in [2.75, 3.05) is 32.0 Å². The van der Waals surface area contributed by atoms with E-state index in [4.69, 9.17) is 10.5 Å². The molecule has 0 amide bonds. The van der Waals surface area contributed by atoms with E-state index in [0.717, 1.165) is 84.6 Å². The number of rotatable bonds is 7. The summed E-state index contributed by atoms with van der Waals surface area (Å²) in [5, 5.41) is 9.74. The van der Waals surface area contributed by atoms with Crippen LogP contribution >= 0.6 is 0 Å². The Morgan fingerprint density at radius 3 is 2.58 bits per heavy atom. The number of fused-ring (bicyclic) bond motifs is 1. The van der Waals surface area contributed by atoms with Gasteiger partial charge in [0, 0.05) is 25.3 Å². The number of nitrogens with zero attached hydrogens (tertiary/aromatic N) is 1. The monoisotopic (exact) mass is 490 g/mol. The molecular weight excluding hydrogens is 458 g/mol. The second-order valence-corrected chi connectivity index (χ2v) is 9.69. The molecule has 1 fully saturated rings. The van der Waals surface area contributed by atoms with Crippen LogP contribution in [0.25, 0.3) is 11.1 Å². The van der Waals surface area contributed by atoms with E-state index in [9.17, 15) is 13.9 Å². The van der Waals surface area contributed by atoms with Gasteiger partial charge in [-0.15, -0.1) is 0 Å². The molecule has 2 aliphatic rings. The second-order valence-electron chi connectivity index (χ2n) is 9.69. The maximum Gasteiger partial charge on any atom is 0.165 e. The summed E-state index contributed by atoms with van der Waals surface area (Å²) in [7, 11) is 0. The Balaban J connectivity index is 1.48. The van der Waals surface area contributed by atoms with Gasteiger partial charge in [-0.05, 0) is 102 Å². The van der Waals surface area contributed by atoms with E-state index in [1.165, 1.54) is 17.7 Å². The van der Waals surface area contributed by atoms with E-state index in [1.807, 2.05) is 24.3 Å². The number of phenols is 1. The van der Waals surface area contributed by atoms with Crippen molar-refractivity contribution in [2.45, 2.75) is 38.2 Å². The number of phenolic OH excluding ortho intramolecular Hbond substituents is 1. The first-order valence-corrected chi connectivity index (χ1v) is 12.7. The number of anilines is 1. The molecule has 188 valence electrons. The van der Waals surface area contributed by atoms with E-state index in [2.05, 4.69) is 23.1 Å². The van der Waals surface area contributed by atoms with Crippen molar-refractivity contribution in [1.82, 2.24) is 4.90 Å². The summed E-state index contributed by atoms with van der Waals surface area (Å²) in [6.07, 6.45) is 4.19. The molecule has 3 aromatic rings. The third-order valence-corrected chi connectivity index (χ3v) is 7.15. The van der Waals surface area contributed by atoms with Crippen LogP contribution in [0.4, 0.5) is 14.5 Å². The molecule has 1 heterocycles. The zero-order valence-electron chi connectivity index (χ0n) is 20.4. The number of benzene rings is 3. The van der Waals surface area contributed by atoms with Crippen LogP contribution in [0.2, 0.25) is 0 Å². The zero-order chi connectivity index (χ0) is 25.1. The third kappa shape index (κ3) is 5.24. The number of nitrogen functional groups attached to an aromatic ring is 1. The largest absolute Gasteiger partial charge is 0.505 e. The smallest absolute Gasteiger partial charge is 0.165 e. The van der Waals surface area contributed by atoms with Gasteiger partial charge in [-0.3, -0.25) is 9.29 Å². The molecule has 5 rings (SSSR count). The number of halogens is 2. The van der Waals surface area contributed by atoms with Crippen LogP contribution in [0.5, 0.6) is 11.5 Å². The van der Waals surface area contributed by atoms with Gasteiger partial charge in [-0.2, -0.15) is 0 Å². The number of hydrogen-bond donors (Lipinski definition) is 2. The lowest BCUT2D eigenvalue weighted by Gasteiger charge is -2.19. The van der Waals surface area contributed by atoms with E-state index in [-0.39, 0.29) is 18.5 Å². The number of likely N-dealkylation sites (tertiary alicyclic amines) is 1. The summed E-state index contributed by atoms with van der Waals surface area (Å²) < 4.78 is 33.1. The van der Waals surface area contributed by atoms with Crippen LogP contribution in [-0.2, 0) is 6.42 Å². The van der Waals surface area contributed by atoms with Crippen molar-refractivity contribution in [3.05, 3.63) is 88.7 Å². The summed E-state index contributed by atoms with van der Waals surface area (Å²) >= 11 is 0. The van der Waals surface area contributed by atoms with Crippen LogP contribution in [0, 0.1) is 5.82 Å². The molecule has 0 saturated carbocycles. The average molecular weight is 491 g/mol. The minimum absolute atomic E-state index is 0.104. The first-order valence-electron chi connectivity index (χ1n) is 12.7. The zero-order valence-corrected chi connectivity index (χ0v) is 20.4. The topological polar surface area (TPSA) is 58.7 Å². The van der Waals surface area contributed by atoms with Crippen molar-refractivity contribution in [1.29, 1.82) is 0 Å². The van der Waals surface area contributed by atoms with Gasteiger partial charge >= 0.3 is 0 Å². The van der Waals surface area contributed by atoms with Gasteiger partial charge in [0.1, 0.15) is 11.9 Å². The van der Waals surface area contributed by atoms with E-state index in [0.29, 0.717) is 6.42 Å². The Bertz CT molecular complexity index is 1260. The number of aromatic hydroxyl groups is 1. The Labute approximate surface area is 211 Å². The van der Waals surface area contributed by atoms with Crippen molar-refractivity contribution in [2.24, 2.45) is 0 Å². The van der Waals surface area contributed by atoms with Gasteiger partial charge in [0.2, 0.25) is 0 Å². The fraction of sp³-hybridized carbons (Fsp3) is 0.333. The number of ether oxygens (including phenoxy) is 1. The highest BCUT2D eigenvalue weighted by molar-refractivity contribution is 6.00. The van der Waals surface area contributed by atoms with Crippen LogP contribution < -0.4 is 10.5 Å². The maximum atomic E-state index is 14.3. The highest BCUT2D eigenvalue weighted by atomic mass is 19.1. The number of nitrogens with two attached hydrogens (primary N) is 1. The lowest BCUT2D eigenvalue weighted by atomic mass is 9.87. The van der Waals surface area contributed by atoms with Gasteiger partial charge in [0.05, 0.1) is 6.67 Å². The van der Waals surface area contributed by atoms with Gasteiger partial charge in [-0.25, -0.2) is 4.39 Å². The Morgan fingerprint density at radius 2 is 1.81 bits per heavy atom. The predicted octanol–water partition coefficient (Wildman–Crippen LogP) is 6.22. The van der Waals surface area contributed by atoms with Crippen molar-refractivity contribution in [3.8, 4) is 11.5 Å². The molecular formula is C30H32F2N2O2. The second kappa shape index (κ2) is 10.7. The van der Waals surface area contributed by atoms with Crippen molar-refractivity contribution >= 4 is 16.8 Å². The lowest BCUT2D eigenvalue weighted by Crippen LogP contribution is -2.26. The Hall–Kier alpha value is -3.38. The number of allylic oxidation sites excluding steroid dienone is 1. The molecule has 36 heavy (non-hydrogen) atoms. The van der Waals surface area contributed by atoms with E-state index < -0.39 is 5.82 Å². The molecule has 3 aromatic carbocycles. The number of alkyl halides is 1. The molecule has 3 N–H and O–H groups in total. The van der Waals surface area contributed by atoms with Gasteiger partial charge in [0.25, 0.3) is 0 Å². The van der Waals surface area contributed by atoms with E-state index in [1.54, 1.807) is 6.07 Å². The number of aryl methyl sites for hydroxylation is 1. The first kappa shape index (κ1) is 24.3. The summed E-state index contributed by atoms with van der Waals surface area (Å²) in [6.45, 7) is 2.24. The standard InChI is InChI=1S/C30H32F2N2O2/c31-14-2-15-34-16-13-25(19-34)36-24-9-5-20(6-10-24)30-26(22-7-12-29(35)28(32)18-22)4-1-3-21-17-23(33)8-11-27(21)30/h5-12,17-18,25,35H,1-4,13-16,19,33H2. The van der Waals surface area contributed by atoms with Crippen molar-refractivity contribution < 1.29 is 18.6 Å². The fourth-order valence-electron chi connectivity index (χ4n) is 5.39. The number of hydrogen-bond acceptors (Lipinski definition) is 4. The molecule has 1 unspecified atom stereocenters. The molecule has 4 nitrogen and oxygen atoms in total. The minimum atomic E-state index is -0.623. The van der Waals surface area contributed by atoms with Crippen LogP contribution in [0.15, 0.2) is 60.7 Å². The van der Waals surface area contributed by atoms with E-state index >= 15 is 0 Å². The summed E-state index contributed by atoms with van der Waals surface area (Å²) in [4.78, 5) is 2.25. The normalized spacial score (nSPS) is 18.2. The minimum Gasteiger partial charge on any atom is -0.505 e. The highest BCUT2D eigenvalue weighted by Crippen LogP contribution is 2.41. The first-order chi connectivity index (χ1) is 17.5. The SMILES string of the molecule is Nc1ccc2c(c1)CCCC(c1ccc(O)c(F)c1)=C2c1ccc(OC2CCN(CCCF)C2)cc1. The Morgan fingerprint density at radius 1 is 1.00 bits per heavy atom. The maximum absolute atomic E-state index is 14.3. The lowest BCUT2D eigenvalue weighted by molar-refractivity contribution is 0.198. The van der Waals surface area contributed by atoms with Crippen LogP contribution in [0.1, 0.15) is 47.9 Å². The highest BCUT2D eigenvalue weighted by Gasteiger charge is 2.24. The molecule has 0 spiro atoms. The average Bonchev–Trinajstić information content (AvgIpc) is 3.23. The van der Waals surface area contributed by atoms with Gasteiger partial charge in [0.15, 0.2) is 11.6 Å². The fourth-order valence-corrected chi connectivity index (χ4v) is 5.39. The molecule has 1 aliphatic heterocycles. The molecule has 1 saturated heterocycles. The van der Waals surface area contributed by atoms with Crippen LogP contribution in [0.3, 0.4) is 0 Å². The summed E-state index contributed by atoms with van der Waals surface area (Å²) in [5.41, 5.74) is 13.0. The quantitative estimate of drug-likeness (QED) is 0.386. The summed E-state index contributed by atoms with van der Waals surface area (Å²) in [5.74, 6) is -0.165. The van der Waals surface area contributed by atoms with Gasteiger partial charge < -0.3 is 15.6 Å². The molecule has 0 radical (unpaired) electrons. The molecule has 0 aromatic heterocycles. The van der Waals surface area contributed by atoms with Crippen molar-refractivity contribution in [3.63, 3.8) is 0 Å². The molecule has 1 atom stereocenters. The molecule has 0 bridgehead atoms. The molecule has 1 aliphatic carbocycles. The molecule has 6 heteroatoms. The van der Waals surface area contributed by atoms with Crippen LogP contribution in [-0.4, -0.2) is 42.4 Å². The summed E-state index contributed by atoms with van der Waals surface area (Å²) in [6, 6.07) is 18.7. The third-order valence-electron chi connectivity index (χ3n) is 7.15. The predicted molar refractivity (Wildman–Crippen MR) is 140 cm³/mol.